The van der Waals surface area contributed by atoms with Crippen molar-refractivity contribution in [2.24, 2.45) is 12.0 Å². The normalized spacial score (nSPS) is 20.5. The second-order valence-electron chi connectivity index (χ2n) is 9.94. The number of aryl methyl sites for hydroxylation is 1. The second-order valence-corrected chi connectivity index (χ2v) is 9.94. The van der Waals surface area contributed by atoms with Gasteiger partial charge in [0, 0.05) is 34.6 Å². The molecule has 1 fully saturated rings. The van der Waals surface area contributed by atoms with Gasteiger partial charge in [0.25, 0.3) is 0 Å². The van der Waals surface area contributed by atoms with Crippen LogP contribution in [0.15, 0.2) is 41.4 Å². The number of ketones is 1. The summed E-state index contributed by atoms with van der Waals surface area (Å²) in [7, 11) is 2.03. The van der Waals surface area contributed by atoms with Gasteiger partial charge in [-0.3, -0.25) is 9.79 Å². The maximum absolute atomic E-state index is 13.7. The van der Waals surface area contributed by atoms with Gasteiger partial charge in [-0.05, 0) is 56.0 Å². The monoisotopic (exact) mass is 446 g/mol. The predicted molar refractivity (Wildman–Crippen MR) is 129 cm³/mol. The van der Waals surface area contributed by atoms with Crippen LogP contribution in [0.4, 0.5) is 0 Å². The number of carbonyl (C=O) groups is 1. The molecule has 33 heavy (non-hydrogen) atoms. The number of hydrogen-bond donors (Lipinski definition) is 0. The van der Waals surface area contributed by atoms with Crippen molar-refractivity contribution in [1.29, 1.82) is 0 Å². The summed E-state index contributed by atoms with van der Waals surface area (Å²) < 4.78 is 19.7. The standard InChI is InChI=1S/C27H30N2O4/c1-26(2)21-12-17(31-14-18-15-32-27(3,4)33-18)8-10-19(21)24(30)23-20-9-7-16(13-28-5)11-22(20)29(6)25(23)26/h7-12,18H,5,13-15H2,1-4,6H3/t18-/m0/s1. The third kappa shape index (κ3) is 3.49. The molecule has 0 radical (unpaired) electrons. The Morgan fingerprint density at radius 3 is 2.67 bits per heavy atom. The molecule has 2 aromatic carbocycles. The van der Waals surface area contributed by atoms with Crippen LogP contribution >= 0.6 is 0 Å². The number of rotatable bonds is 5. The molecule has 2 aliphatic rings. The van der Waals surface area contributed by atoms with E-state index in [4.69, 9.17) is 14.2 Å². The van der Waals surface area contributed by atoms with Gasteiger partial charge in [0.05, 0.1) is 18.7 Å². The number of aromatic nitrogens is 1. The zero-order valence-corrected chi connectivity index (χ0v) is 19.9. The molecular weight excluding hydrogens is 416 g/mol. The van der Waals surface area contributed by atoms with Crippen molar-refractivity contribution in [3.63, 3.8) is 0 Å². The maximum atomic E-state index is 13.7. The van der Waals surface area contributed by atoms with Crippen LogP contribution in [0.3, 0.4) is 0 Å². The highest BCUT2D eigenvalue weighted by Gasteiger charge is 2.41. The first kappa shape index (κ1) is 21.9. The molecule has 1 aliphatic carbocycles. The van der Waals surface area contributed by atoms with Crippen molar-refractivity contribution in [3.8, 4) is 5.75 Å². The smallest absolute Gasteiger partial charge is 0.195 e. The highest BCUT2D eigenvalue weighted by atomic mass is 16.7. The Bertz CT molecular complexity index is 1290. The van der Waals surface area contributed by atoms with E-state index >= 15 is 0 Å². The van der Waals surface area contributed by atoms with E-state index < -0.39 is 5.79 Å². The minimum Gasteiger partial charge on any atom is -0.491 e. The zero-order valence-electron chi connectivity index (χ0n) is 19.9. The largest absolute Gasteiger partial charge is 0.491 e. The van der Waals surface area contributed by atoms with Gasteiger partial charge in [0.15, 0.2) is 11.6 Å². The van der Waals surface area contributed by atoms with Gasteiger partial charge in [-0.2, -0.15) is 0 Å². The first-order valence-corrected chi connectivity index (χ1v) is 11.3. The third-order valence-electron chi connectivity index (χ3n) is 6.79. The molecule has 0 saturated carbocycles. The summed E-state index contributed by atoms with van der Waals surface area (Å²) in [5, 5.41) is 0.977. The molecule has 6 heteroatoms. The summed E-state index contributed by atoms with van der Waals surface area (Å²) in [6.07, 6.45) is -0.116. The number of benzene rings is 2. The molecule has 6 nitrogen and oxygen atoms in total. The van der Waals surface area contributed by atoms with Crippen molar-refractivity contribution < 1.29 is 19.0 Å². The lowest BCUT2D eigenvalue weighted by atomic mass is 9.71. The Labute approximate surface area is 194 Å². The summed E-state index contributed by atoms with van der Waals surface area (Å²) in [5.74, 6) is 0.204. The van der Waals surface area contributed by atoms with Crippen molar-refractivity contribution >= 4 is 23.4 Å². The van der Waals surface area contributed by atoms with Gasteiger partial charge in [-0.15, -0.1) is 0 Å². The quantitative estimate of drug-likeness (QED) is 0.529. The number of fused-ring (bicyclic) bond motifs is 4. The number of aliphatic imine (C=N–C) groups is 1. The minimum absolute atomic E-state index is 0.0559. The first-order valence-electron chi connectivity index (χ1n) is 11.3. The fourth-order valence-electron chi connectivity index (χ4n) is 5.30. The van der Waals surface area contributed by atoms with Gasteiger partial charge in [0.2, 0.25) is 0 Å². The van der Waals surface area contributed by atoms with Crippen LogP contribution in [0, 0.1) is 0 Å². The topological polar surface area (TPSA) is 62.1 Å². The van der Waals surface area contributed by atoms with Crippen molar-refractivity contribution in [2.45, 2.75) is 51.5 Å². The van der Waals surface area contributed by atoms with Crippen LogP contribution in [-0.2, 0) is 28.5 Å². The highest BCUT2D eigenvalue weighted by molar-refractivity contribution is 6.20. The van der Waals surface area contributed by atoms with Crippen LogP contribution in [0.5, 0.6) is 5.75 Å². The zero-order chi connectivity index (χ0) is 23.5. The number of carbonyl (C=O) groups excluding carboxylic acids is 1. The van der Waals surface area contributed by atoms with E-state index in [1.165, 1.54) is 0 Å². The van der Waals surface area contributed by atoms with Crippen LogP contribution in [0.2, 0.25) is 0 Å². The van der Waals surface area contributed by atoms with Crippen molar-refractivity contribution in [2.75, 3.05) is 13.2 Å². The van der Waals surface area contributed by atoms with E-state index in [-0.39, 0.29) is 17.3 Å². The van der Waals surface area contributed by atoms with E-state index in [2.05, 4.69) is 36.2 Å². The molecule has 2 heterocycles. The second kappa shape index (κ2) is 7.54. The lowest BCUT2D eigenvalue weighted by Gasteiger charge is -2.34. The fraction of sp³-hybridized carbons (Fsp3) is 0.407. The SMILES string of the molecule is C=NCc1ccc2c3c(n(C)c2c1)C(C)(C)c1cc(OC[C@H]2COC(C)(C)O2)ccc1C3=O. The molecule has 1 atom stereocenters. The van der Waals surface area contributed by atoms with E-state index in [0.717, 1.165) is 44.6 Å². The van der Waals surface area contributed by atoms with Gasteiger partial charge in [0.1, 0.15) is 18.5 Å². The molecular formula is C27H30N2O4. The number of nitrogens with zero attached hydrogens (tertiary/aromatic N) is 2. The average molecular weight is 447 g/mol. The maximum Gasteiger partial charge on any atom is 0.195 e. The summed E-state index contributed by atoms with van der Waals surface area (Å²) in [6.45, 7) is 13.2. The van der Waals surface area contributed by atoms with E-state index in [1.807, 2.05) is 51.2 Å². The lowest BCUT2D eigenvalue weighted by molar-refractivity contribution is -0.141. The van der Waals surface area contributed by atoms with E-state index in [9.17, 15) is 4.79 Å². The van der Waals surface area contributed by atoms with Crippen molar-refractivity contribution in [3.05, 3.63) is 64.3 Å². The molecule has 172 valence electrons. The summed E-state index contributed by atoms with van der Waals surface area (Å²) in [5.41, 5.74) is 5.24. The van der Waals surface area contributed by atoms with Gasteiger partial charge in [-0.25, -0.2) is 0 Å². The highest BCUT2D eigenvalue weighted by Crippen LogP contribution is 2.46. The van der Waals surface area contributed by atoms with Gasteiger partial charge >= 0.3 is 0 Å². The molecule has 0 N–H and O–H groups in total. The Morgan fingerprint density at radius 2 is 1.97 bits per heavy atom. The summed E-state index contributed by atoms with van der Waals surface area (Å²) >= 11 is 0. The predicted octanol–water partition coefficient (Wildman–Crippen LogP) is 4.78. The molecule has 3 aromatic rings. The molecule has 1 aliphatic heterocycles. The van der Waals surface area contributed by atoms with E-state index in [1.54, 1.807) is 0 Å². The molecule has 1 saturated heterocycles. The van der Waals surface area contributed by atoms with Crippen LogP contribution < -0.4 is 4.74 Å². The number of ether oxygens (including phenoxy) is 3. The van der Waals surface area contributed by atoms with Crippen molar-refractivity contribution in [1.82, 2.24) is 4.57 Å². The van der Waals surface area contributed by atoms with Gasteiger partial charge in [-0.1, -0.05) is 26.0 Å². The summed E-state index contributed by atoms with van der Waals surface area (Å²) in [6, 6.07) is 11.9. The van der Waals surface area contributed by atoms with E-state index in [0.29, 0.717) is 19.8 Å². The van der Waals surface area contributed by atoms with Gasteiger partial charge < -0.3 is 18.8 Å². The van der Waals surface area contributed by atoms with Crippen LogP contribution in [0.25, 0.3) is 10.9 Å². The van der Waals surface area contributed by atoms with Crippen LogP contribution in [0.1, 0.15) is 60.4 Å². The summed E-state index contributed by atoms with van der Waals surface area (Å²) in [4.78, 5) is 17.7. The Morgan fingerprint density at radius 1 is 1.18 bits per heavy atom. The minimum atomic E-state index is -0.579. The average Bonchev–Trinajstić information content (AvgIpc) is 3.27. The molecule has 0 bridgehead atoms. The molecule has 5 rings (SSSR count). The molecule has 0 spiro atoms. The Hall–Kier alpha value is -2.96. The van der Waals surface area contributed by atoms with Crippen LogP contribution in [-0.4, -0.2) is 42.2 Å². The first-order chi connectivity index (χ1) is 15.6. The fourth-order valence-corrected chi connectivity index (χ4v) is 5.30. The molecule has 0 unspecified atom stereocenters. The Balaban J connectivity index is 1.53. The molecule has 1 aromatic heterocycles. The Kier molecular flexibility index (Phi) is 4.99. The number of hydrogen-bond acceptors (Lipinski definition) is 5. The lowest BCUT2D eigenvalue weighted by Crippen LogP contribution is -2.32. The third-order valence-corrected chi connectivity index (χ3v) is 6.79. The molecule has 0 amide bonds.